The first-order valence-corrected chi connectivity index (χ1v) is 48.1. The van der Waals surface area contributed by atoms with E-state index in [9.17, 15) is 0 Å². The van der Waals surface area contributed by atoms with Gasteiger partial charge in [0.15, 0.2) is 10.3 Å². The van der Waals surface area contributed by atoms with Gasteiger partial charge in [0.2, 0.25) is 0 Å². The Labute approximate surface area is 793 Å². The van der Waals surface area contributed by atoms with Crippen LogP contribution in [0.3, 0.4) is 0 Å². The van der Waals surface area contributed by atoms with Gasteiger partial charge in [0.1, 0.15) is 34.1 Å². The highest BCUT2D eigenvalue weighted by Gasteiger charge is 2.34. The van der Waals surface area contributed by atoms with Crippen LogP contribution in [0.4, 0.5) is 5.69 Å². The highest BCUT2D eigenvalue weighted by molar-refractivity contribution is 6.34. The van der Waals surface area contributed by atoms with Crippen molar-refractivity contribution in [1.82, 2.24) is 130 Å². The molecule has 1 N–H and O–H groups in total. The van der Waals surface area contributed by atoms with Gasteiger partial charge in [-0.3, -0.25) is 84.1 Å². The van der Waals surface area contributed by atoms with E-state index in [2.05, 4.69) is 216 Å². The molecule has 0 amide bonds. The molecule has 8 fully saturated rings. The van der Waals surface area contributed by atoms with Gasteiger partial charge in [-0.1, -0.05) is 40.9 Å². The second-order valence-corrected chi connectivity index (χ2v) is 37.5. The Balaban J connectivity index is 0.000000106. The van der Waals surface area contributed by atoms with Crippen molar-refractivity contribution >= 4 is 116 Å². The first-order chi connectivity index (χ1) is 64.9. The molecular weight excluding hydrogens is 1730 g/mol. The van der Waals surface area contributed by atoms with Crippen molar-refractivity contribution in [2.24, 2.45) is 0 Å². The number of fused-ring (bicyclic) bond motifs is 8. The van der Waals surface area contributed by atoms with Gasteiger partial charge >= 0.3 is 0 Å². The number of nitrogens with one attached hydrogen (secondary N) is 1. The van der Waals surface area contributed by atoms with Crippen LogP contribution < -0.4 is 10.1 Å². The summed E-state index contributed by atoms with van der Waals surface area (Å²) in [6.07, 6.45) is 59.0. The zero-order chi connectivity index (χ0) is 92.0. The minimum absolute atomic E-state index is 0.423. The van der Waals surface area contributed by atoms with Crippen LogP contribution in [-0.4, -0.2) is 251 Å². The lowest BCUT2D eigenvalue weighted by atomic mass is 10.00. The number of anilines is 1. The zero-order valence-corrected chi connectivity index (χ0v) is 80.2. The molecule has 9 aliphatic heterocycles. The summed E-state index contributed by atoms with van der Waals surface area (Å²) in [5.74, 6) is 1.01. The molecule has 0 aromatic carbocycles. The molecule has 690 valence electrons. The minimum atomic E-state index is 0.423. The maximum absolute atomic E-state index is 6.11. The Bertz CT molecular complexity index is 5810. The molecule has 0 saturated carbocycles. The van der Waals surface area contributed by atoms with Gasteiger partial charge in [-0.2, -0.15) is 25.5 Å². The molecule has 0 bridgehead atoms. The fourth-order valence-electron chi connectivity index (χ4n) is 21.0. The average molecular weight is 1850 g/mol. The molecule has 24 rings (SSSR count). The fourth-order valence-corrected chi connectivity index (χ4v) is 21.6. The summed E-state index contributed by atoms with van der Waals surface area (Å²) in [6.45, 7) is 15.0. The van der Waals surface area contributed by atoms with Gasteiger partial charge in [-0.15, -0.1) is 5.10 Å². The van der Waals surface area contributed by atoms with E-state index in [1.807, 2.05) is 143 Å². The molecule has 28 nitrogen and oxygen atoms in total. The van der Waals surface area contributed by atoms with E-state index in [1.54, 1.807) is 24.8 Å². The van der Waals surface area contributed by atoms with E-state index < -0.39 is 0 Å². The van der Waals surface area contributed by atoms with Gasteiger partial charge < -0.3 is 10.1 Å². The lowest BCUT2D eigenvalue weighted by Crippen LogP contribution is -2.23. The van der Waals surface area contributed by atoms with Crippen molar-refractivity contribution in [3.8, 4) is 5.75 Å². The number of likely N-dealkylation sites (tertiary alicyclic amines) is 8. The normalized spacial score (nSPS) is 21.7. The molecule has 8 atom stereocenters. The smallest absolute Gasteiger partial charge is 0.157 e. The molecule has 0 aliphatic carbocycles. The van der Waals surface area contributed by atoms with E-state index in [4.69, 9.17) is 39.5 Å². The average Bonchev–Trinajstić information content (AvgIpc) is 1.72. The van der Waals surface area contributed by atoms with Crippen LogP contribution in [0.2, 0.25) is 15.5 Å². The van der Waals surface area contributed by atoms with Crippen LogP contribution in [0.15, 0.2) is 179 Å². The summed E-state index contributed by atoms with van der Waals surface area (Å²) in [7, 11) is 17.4. The monoisotopic (exact) mass is 1840 g/mol. The van der Waals surface area contributed by atoms with Crippen molar-refractivity contribution in [2.75, 3.05) is 127 Å². The van der Waals surface area contributed by atoms with Gasteiger partial charge in [0.05, 0.1) is 42.2 Å². The lowest BCUT2D eigenvalue weighted by molar-refractivity contribution is 0.284. The van der Waals surface area contributed by atoms with E-state index in [-0.39, 0.29) is 0 Å². The van der Waals surface area contributed by atoms with Crippen LogP contribution in [-0.2, 0) is 0 Å². The predicted molar refractivity (Wildman–Crippen MR) is 530 cm³/mol. The van der Waals surface area contributed by atoms with Crippen molar-refractivity contribution in [1.29, 1.82) is 0 Å². The van der Waals surface area contributed by atoms with Crippen LogP contribution >= 0.6 is 34.8 Å². The standard InChI is InChI=1S/C14H17N3.2C13H14ClN3.C13H16N4.C13H15N3.C12H13ClN4.C12H14N4.C12H17N3O/c1-10-11-5-6-15-8-12(11)13(9-16-10)14-4-3-7-17(14)2;1-17-7-3-5-11(17)10-8-16-13(14)9-4-2-6-15-12(9)10;1-17-7-3-5-11(17)10-8-16-13(14)12-9(10)4-2-6-15-12;1-9-10-5-6-15-16-13(10)11(8-14-9)12-4-3-7-17(12)2;1-16-6-2-3-13(16)12-9-15-8-10-7-14-5-4-11(10)12;1-17-6-2-3-10(17)9-7-14-12(13)11-8(9)4-5-15-16-11;1-16-4-2-3-12(16)11-7-13-5-9-6-14-15-8-10(9)11;1-15-5-2-3-11(15)9-7-13-8-10-12(9)16-6-4-14-10/h5-6,8-9,14H,3-4,7H2,1-2H3;2*2,4,6,8,11H,3,5,7H2,1H3;5-6,8,12H,3-4,7H2,1-2H3;4-5,7-9,13H,2-3,6H2,1H3;4-5,7,10H,2-3,6H2,1H3;5-8,12H,2-4H2,1H3;7-8,11,14H,2-6H2,1H3/t14-;2*11-;12-;13-;10-;12-;11-/m00000000/s1. The largest absolute Gasteiger partial charge is 0.489 e. The summed E-state index contributed by atoms with van der Waals surface area (Å²) in [5.41, 5.74) is 16.8. The van der Waals surface area contributed by atoms with E-state index >= 15 is 0 Å². The van der Waals surface area contributed by atoms with Gasteiger partial charge in [0, 0.05) is 231 Å². The molecule has 0 unspecified atom stereocenters. The van der Waals surface area contributed by atoms with Crippen molar-refractivity contribution in [3.63, 3.8) is 0 Å². The van der Waals surface area contributed by atoms with Crippen LogP contribution in [0.1, 0.15) is 207 Å². The third kappa shape index (κ3) is 21.2. The third-order valence-electron chi connectivity index (χ3n) is 28.2. The SMILES string of the molecule is CN1CCC[C@H]1c1cnc(Cl)c2cccnc12.CN1CCC[C@H]1c1cnc(Cl)c2ncccc12.CN1CCC[C@H]1c1cnc(Cl)c2nnccc12.CN1CCC[C@H]1c1cncc2c1OCCN2.CN1CCC[C@H]1c1cncc2cnccc12.CN1CCC[C@H]1c1cncc2cnncc12.Cc1ncc([C@@H]2CCCN2C)c2cnccc12.Cc1ncc([C@@H]2CCCN2C)c2nnccc12. The Morgan fingerprint density at radius 2 is 0.662 bits per heavy atom. The van der Waals surface area contributed by atoms with Crippen LogP contribution in [0.5, 0.6) is 5.75 Å². The third-order valence-corrected chi connectivity index (χ3v) is 29.1. The number of aromatic nitrogens is 18. The number of halogens is 3. The Morgan fingerprint density at radius 3 is 1.21 bits per heavy atom. The van der Waals surface area contributed by atoms with Crippen molar-refractivity contribution in [2.45, 2.75) is 165 Å². The maximum atomic E-state index is 6.11. The summed E-state index contributed by atoms with van der Waals surface area (Å²) < 4.78 is 5.79. The quantitative estimate of drug-likeness (QED) is 0.138. The molecule has 15 aromatic rings. The minimum Gasteiger partial charge on any atom is -0.489 e. The number of aryl methyl sites for hydroxylation is 2. The van der Waals surface area contributed by atoms with Gasteiger partial charge in [-0.25, -0.2) is 15.0 Å². The number of ether oxygens (including phenoxy) is 1. The van der Waals surface area contributed by atoms with Crippen LogP contribution in [0.25, 0.3) is 75.9 Å². The number of hydrogen-bond acceptors (Lipinski definition) is 28. The molecule has 8 saturated heterocycles. The second kappa shape index (κ2) is 44.0. The number of rotatable bonds is 8. The van der Waals surface area contributed by atoms with E-state index in [1.165, 1.54) is 189 Å². The molecule has 15 aromatic heterocycles. The lowest BCUT2D eigenvalue weighted by Gasteiger charge is -2.26. The summed E-state index contributed by atoms with van der Waals surface area (Å²) >= 11 is 18.2. The van der Waals surface area contributed by atoms with E-state index in [0.717, 1.165) is 117 Å². The highest BCUT2D eigenvalue weighted by Crippen LogP contribution is 2.44. The van der Waals surface area contributed by atoms with Gasteiger partial charge in [-0.05, 0) is 301 Å². The zero-order valence-electron chi connectivity index (χ0n) is 77.9. The highest BCUT2D eigenvalue weighted by atomic mass is 35.5. The summed E-state index contributed by atoms with van der Waals surface area (Å²) in [6, 6.07) is 19.8. The Morgan fingerprint density at radius 1 is 0.286 bits per heavy atom. The summed E-state index contributed by atoms with van der Waals surface area (Å²) in [4.78, 5) is 71.0. The molecule has 0 radical (unpaired) electrons. The molecule has 31 heteroatoms. The molecule has 133 heavy (non-hydrogen) atoms. The first kappa shape index (κ1) is 93.8. The second-order valence-electron chi connectivity index (χ2n) is 36.5. The predicted octanol–water partition coefficient (Wildman–Crippen LogP) is 19.2. The Hall–Kier alpha value is -11.0. The number of pyridine rings is 12. The molecule has 24 heterocycles. The number of hydrogen-bond donors (Lipinski definition) is 1. The molecule has 9 aliphatic rings. The van der Waals surface area contributed by atoms with Gasteiger partial charge in [0.25, 0.3) is 0 Å². The fraction of sp³-hybridized carbons (Fsp3) is 0.431. The molecule has 0 spiro atoms. The topological polar surface area (TPSA) is 279 Å². The van der Waals surface area contributed by atoms with Crippen molar-refractivity contribution < 1.29 is 4.74 Å². The maximum Gasteiger partial charge on any atom is 0.157 e. The first-order valence-electron chi connectivity index (χ1n) is 46.9. The van der Waals surface area contributed by atoms with Crippen molar-refractivity contribution in [3.05, 3.63) is 250 Å². The molecular formula is C102H120Cl3N27O. The summed E-state index contributed by atoms with van der Waals surface area (Å²) in [5, 5.41) is 40.4. The van der Waals surface area contributed by atoms with E-state index in [0.29, 0.717) is 69.3 Å². The Kier molecular flexibility index (Phi) is 31.0. The number of nitrogens with zero attached hydrogens (tertiary/aromatic N) is 26. The van der Waals surface area contributed by atoms with Crippen LogP contribution in [0, 0.1) is 13.8 Å².